The van der Waals surface area contributed by atoms with Crippen LogP contribution in [0, 0.1) is 13.8 Å². The van der Waals surface area contributed by atoms with E-state index in [1.165, 1.54) is 4.88 Å². The molecular weight excluding hydrogens is 384 g/mol. The first-order chi connectivity index (χ1) is 14.1. The number of hydrogen-bond donors (Lipinski definition) is 1. The summed E-state index contributed by atoms with van der Waals surface area (Å²) < 4.78 is 12.7. The molecule has 29 heavy (non-hydrogen) atoms. The zero-order valence-electron chi connectivity index (χ0n) is 17.0. The molecule has 0 aliphatic rings. The summed E-state index contributed by atoms with van der Waals surface area (Å²) in [5.74, 6) is 2.43. The van der Waals surface area contributed by atoms with E-state index in [2.05, 4.69) is 29.8 Å². The van der Waals surface area contributed by atoms with Crippen molar-refractivity contribution in [2.75, 3.05) is 26.1 Å². The molecule has 3 aromatic heterocycles. The number of rotatable bonds is 7. The van der Waals surface area contributed by atoms with E-state index in [0.717, 1.165) is 58.4 Å². The zero-order chi connectivity index (χ0) is 20.4. The molecule has 4 aromatic rings. The Kier molecular flexibility index (Phi) is 5.40. The van der Waals surface area contributed by atoms with E-state index >= 15 is 0 Å². The molecule has 0 amide bonds. The Morgan fingerprint density at radius 3 is 2.48 bits per heavy atom. The van der Waals surface area contributed by atoms with Crippen molar-refractivity contribution in [3.8, 4) is 22.8 Å². The number of benzene rings is 1. The summed E-state index contributed by atoms with van der Waals surface area (Å²) in [5, 5.41) is 10.5. The van der Waals surface area contributed by atoms with Gasteiger partial charge in [0.1, 0.15) is 17.3 Å². The van der Waals surface area contributed by atoms with E-state index in [4.69, 9.17) is 19.6 Å². The topological polar surface area (TPSA) is 60.7 Å². The highest BCUT2D eigenvalue weighted by molar-refractivity contribution is 7.09. The molecule has 0 saturated heterocycles. The summed E-state index contributed by atoms with van der Waals surface area (Å²) in [6, 6.07) is 12.0. The van der Waals surface area contributed by atoms with Gasteiger partial charge < -0.3 is 14.8 Å². The number of nitrogens with zero attached hydrogens (tertiary/aromatic N) is 3. The van der Waals surface area contributed by atoms with E-state index in [1.807, 2.05) is 35.7 Å². The van der Waals surface area contributed by atoms with Gasteiger partial charge in [-0.2, -0.15) is 9.61 Å². The predicted octanol–water partition coefficient (Wildman–Crippen LogP) is 4.75. The molecule has 150 valence electrons. The van der Waals surface area contributed by atoms with Gasteiger partial charge in [0.15, 0.2) is 5.65 Å². The molecule has 0 atom stereocenters. The molecule has 0 radical (unpaired) electrons. The highest BCUT2D eigenvalue weighted by Gasteiger charge is 2.14. The van der Waals surface area contributed by atoms with Crippen molar-refractivity contribution in [1.29, 1.82) is 0 Å². The van der Waals surface area contributed by atoms with Crippen molar-refractivity contribution in [3.63, 3.8) is 0 Å². The van der Waals surface area contributed by atoms with Crippen LogP contribution in [0.3, 0.4) is 0 Å². The molecule has 0 aliphatic carbocycles. The predicted molar refractivity (Wildman–Crippen MR) is 118 cm³/mol. The number of thiophene rings is 1. The third-order valence-corrected chi connectivity index (χ3v) is 5.91. The van der Waals surface area contributed by atoms with Crippen LogP contribution in [0.2, 0.25) is 0 Å². The summed E-state index contributed by atoms with van der Waals surface area (Å²) in [6.07, 6.45) is 0.973. The number of hydrogen-bond acceptors (Lipinski definition) is 6. The van der Waals surface area contributed by atoms with E-state index in [-0.39, 0.29) is 0 Å². The summed E-state index contributed by atoms with van der Waals surface area (Å²) in [5.41, 5.74) is 4.64. The normalized spacial score (nSPS) is 11.0. The number of methoxy groups -OCH3 is 2. The molecular formula is C22H24N4O2S. The third-order valence-electron chi connectivity index (χ3n) is 4.97. The van der Waals surface area contributed by atoms with Gasteiger partial charge in [0, 0.05) is 40.4 Å². The van der Waals surface area contributed by atoms with E-state index in [9.17, 15) is 0 Å². The van der Waals surface area contributed by atoms with Crippen molar-refractivity contribution in [2.24, 2.45) is 0 Å². The molecule has 1 N–H and O–H groups in total. The number of anilines is 1. The minimum absolute atomic E-state index is 0.728. The number of aryl methyl sites for hydroxylation is 1. The van der Waals surface area contributed by atoms with Crippen molar-refractivity contribution in [3.05, 3.63) is 57.9 Å². The second-order valence-electron chi connectivity index (χ2n) is 6.83. The maximum Gasteiger partial charge on any atom is 0.158 e. The van der Waals surface area contributed by atoms with Gasteiger partial charge in [0.25, 0.3) is 0 Å². The first-order valence-electron chi connectivity index (χ1n) is 9.45. The molecule has 0 fully saturated rings. The second kappa shape index (κ2) is 8.13. The van der Waals surface area contributed by atoms with E-state index in [0.29, 0.717) is 0 Å². The first kappa shape index (κ1) is 19.3. The standard InChI is InChI=1S/C22H24N4O2S/c1-14-15(2)24-21-13-20(16-10-17(27-3)12-18(11-16)28-4)25-26(21)22(14)23-8-7-19-6-5-9-29-19/h5-6,9-13,23H,7-8H2,1-4H3. The fourth-order valence-electron chi connectivity index (χ4n) is 3.26. The Bertz CT molecular complexity index is 1110. The van der Waals surface area contributed by atoms with Gasteiger partial charge in [0.2, 0.25) is 0 Å². The van der Waals surface area contributed by atoms with Crippen LogP contribution in [-0.2, 0) is 6.42 Å². The highest BCUT2D eigenvalue weighted by Crippen LogP contribution is 2.30. The molecule has 7 heteroatoms. The van der Waals surface area contributed by atoms with Gasteiger partial charge in [-0.15, -0.1) is 11.3 Å². The Labute approximate surface area is 174 Å². The highest BCUT2D eigenvalue weighted by atomic mass is 32.1. The Morgan fingerprint density at radius 1 is 1.07 bits per heavy atom. The van der Waals surface area contributed by atoms with Crippen molar-refractivity contribution < 1.29 is 9.47 Å². The van der Waals surface area contributed by atoms with Crippen LogP contribution in [0.1, 0.15) is 16.1 Å². The van der Waals surface area contributed by atoms with Gasteiger partial charge in [-0.1, -0.05) is 6.07 Å². The van der Waals surface area contributed by atoms with Crippen molar-refractivity contribution >= 4 is 22.8 Å². The molecule has 4 rings (SSSR count). The van der Waals surface area contributed by atoms with Gasteiger partial charge in [-0.05, 0) is 43.8 Å². The van der Waals surface area contributed by atoms with Gasteiger partial charge in [-0.25, -0.2) is 4.98 Å². The summed E-state index contributed by atoms with van der Waals surface area (Å²) in [4.78, 5) is 6.09. The monoisotopic (exact) mass is 408 g/mol. The maximum absolute atomic E-state index is 5.40. The van der Waals surface area contributed by atoms with Gasteiger partial charge in [0.05, 0.1) is 19.9 Å². The average Bonchev–Trinajstić information content (AvgIpc) is 3.40. The maximum atomic E-state index is 5.40. The lowest BCUT2D eigenvalue weighted by molar-refractivity contribution is 0.394. The molecule has 0 unspecified atom stereocenters. The van der Waals surface area contributed by atoms with Gasteiger partial charge in [-0.3, -0.25) is 0 Å². The zero-order valence-corrected chi connectivity index (χ0v) is 17.8. The van der Waals surface area contributed by atoms with Crippen LogP contribution in [0.4, 0.5) is 5.82 Å². The summed E-state index contributed by atoms with van der Waals surface area (Å²) >= 11 is 1.78. The first-order valence-corrected chi connectivity index (χ1v) is 10.3. The van der Waals surface area contributed by atoms with E-state index < -0.39 is 0 Å². The largest absolute Gasteiger partial charge is 0.497 e. The smallest absolute Gasteiger partial charge is 0.158 e. The Balaban J connectivity index is 1.71. The average molecular weight is 409 g/mol. The van der Waals surface area contributed by atoms with Crippen LogP contribution in [-0.4, -0.2) is 35.4 Å². The second-order valence-corrected chi connectivity index (χ2v) is 7.86. The molecule has 0 aliphatic heterocycles. The fraction of sp³-hybridized carbons (Fsp3) is 0.273. The van der Waals surface area contributed by atoms with Crippen LogP contribution < -0.4 is 14.8 Å². The lowest BCUT2D eigenvalue weighted by Crippen LogP contribution is -2.12. The Hall–Kier alpha value is -3.06. The molecule has 0 bridgehead atoms. The third kappa shape index (κ3) is 3.91. The number of fused-ring (bicyclic) bond motifs is 1. The van der Waals surface area contributed by atoms with Crippen molar-refractivity contribution in [2.45, 2.75) is 20.3 Å². The summed E-state index contributed by atoms with van der Waals surface area (Å²) in [7, 11) is 3.29. The van der Waals surface area contributed by atoms with E-state index in [1.54, 1.807) is 25.6 Å². The fourth-order valence-corrected chi connectivity index (χ4v) is 3.97. The number of aromatic nitrogens is 3. The molecule has 6 nitrogen and oxygen atoms in total. The molecule has 0 saturated carbocycles. The molecule has 3 heterocycles. The van der Waals surface area contributed by atoms with Crippen LogP contribution >= 0.6 is 11.3 Å². The van der Waals surface area contributed by atoms with Crippen LogP contribution in [0.25, 0.3) is 16.9 Å². The van der Waals surface area contributed by atoms with Gasteiger partial charge >= 0.3 is 0 Å². The lowest BCUT2D eigenvalue weighted by Gasteiger charge is -2.12. The minimum Gasteiger partial charge on any atom is -0.497 e. The molecule has 0 spiro atoms. The SMILES string of the molecule is COc1cc(OC)cc(-c2cc3nc(C)c(C)c(NCCc4cccs4)n3n2)c1. The van der Waals surface area contributed by atoms with Crippen LogP contribution in [0.15, 0.2) is 41.8 Å². The van der Waals surface area contributed by atoms with Crippen molar-refractivity contribution in [1.82, 2.24) is 14.6 Å². The lowest BCUT2D eigenvalue weighted by atomic mass is 10.1. The quantitative estimate of drug-likeness (QED) is 0.478. The molecule has 1 aromatic carbocycles. The minimum atomic E-state index is 0.728. The number of nitrogens with one attached hydrogen (secondary N) is 1. The Morgan fingerprint density at radius 2 is 1.83 bits per heavy atom. The summed E-state index contributed by atoms with van der Waals surface area (Å²) in [6.45, 7) is 4.94. The number of ether oxygens (including phenoxy) is 2. The van der Waals surface area contributed by atoms with Crippen LogP contribution in [0.5, 0.6) is 11.5 Å².